The van der Waals surface area contributed by atoms with Crippen LogP contribution in [0.4, 0.5) is 14.9 Å². The minimum atomic E-state index is -1.24. The van der Waals surface area contributed by atoms with Crippen molar-refractivity contribution in [1.82, 2.24) is 15.1 Å². The number of carbonyl (C=O) groups is 4. The fraction of sp³-hybridized carbons (Fsp3) is 0.500. The zero-order valence-corrected chi connectivity index (χ0v) is 25.8. The molecule has 0 bridgehead atoms. The number of carboxylic acids is 1. The molecule has 2 aliphatic heterocycles. The Labute approximate surface area is 256 Å². The number of nitrogens with one attached hydrogen (secondary N) is 2. The minimum Gasteiger partial charge on any atom is -0.478 e. The molecule has 0 saturated carbocycles. The van der Waals surface area contributed by atoms with E-state index in [0.29, 0.717) is 39.1 Å². The molecule has 0 radical (unpaired) electrons. The molecule has 11 nitrogen and oxygen atoms in total. The third-order valence-electron chi connectivity index (χ3n) is 8.04. The van der Waals surface area contributed by atoms with E-state index in [1.54, 1.807) is 27.7 Å². The normalized spacial score (nSPS) is 18.5. The van der Waals surface area contributed by atoms with Crippen LogP contribution in [0.3, 0.4) is 0 Å². The highest BCUT2D eigenvalue weighted by molar-refractivity contribution is 5.98. The van der Waals surface area contributed by atoms with E-state index in [9.17, 15) is 28.7 Å². The summed E-state index contributed by atoms with van der Waals surface area (Å²) in [6.07, 6.45) is 0.784. The third kappa shape index (κ3) is 7.92. The summed E-state index contributed by atoms with van der Waals surface area (Å²) < 4.78 is 25.6. The number of hydrogen-bond donors (Lipinski definition) is 3. The number of amides is 3. The van der Waals surface area contributed by atoms with E-state index in [1.165, 1.54) is 11.9 Å². The molecule has 2 heterocycles. The standard InChI is InChI=1S/C32H41FN4O7/c1-19(36(5)31(42)44-32(2,3)4)28(38)35-26(20-12-14-43-15-13-20)18-37-17-22-8-6-7-9-23(22)27(37)29(39)34-25-16-21(30(40)41)10-11-24(25)33/h6-11,16,19-20,26-27H,12-15,17-18H2,1-5H3,(H,34,39)(H,35,38)(H,40,41)/t19-,26?,27-/m0/s1. The Bertz CT molecular complexity index is 1390. The highest BCUT2D eigenvalue weighted by atomic mass is 19.1. The SMILES string of the molecule is C[C@@H](C(=O)NC(CN1Cc2ccccc2[C@H]1C(=O)Nc1cc(C(=O)O)ccc1F)C1CCOCC1)N(C)C(=O)OC(C)(C)C. The molecule has 4 rings (SSSR count). The predicted octanol–water partition coefficient (Wildman–Crippen LogP) is 4.19. The van der Waals surface area contributed by atoms with Gasteiger partial charge < -0.3 is 25.2 Å². The van der Waals surface area contributed by atoms with Crippen LogP contribution in [0.5, 0.6) is 0 Å². The highest BCUT2D eigenvalue weighted by Gasteiger charge is 2.39. The van der Waals surface area contributed by atoms with E-state index < -0.39 is 47.5 Å². The van der Waals surface area contributed by atoms with Gasteiger partial charge in [-0.25, -0.2) is 14.0 Å². The zero-order chi connectivity index (χ0) is 32.2. The molecule has 1 saturated heterocycles. The molecule has 1 fully saturated rings. The number of halogens is 1. The van der Waals surface area contributed by atoms with E-state index in [0.717, 1.165) is 29.3 Å². The Hall–Kier alpha value is -4.03. The van der Waals surface area contributed by atoms with Crippen molar-refractivity contribution in [3.63, 3.8) is 0 Å². The lowest BCUT2D eigenvalue weighted by Gasteiger charge is -2.36. The maximum absolute atomic E-state index is 14.6. The number of fused-ring (bicyclic) bond motifs is 1. The molecule has 1 unspecified atom stereocenters. The number of hydrogen-bond acceptors (Lipinski definition) is 7. The molecule has 0 aromatic heterocycles. The molecule has 12 heteroatoms. The molecule has 0 aliphatic carbocycles. The largest absolute Gasteiger partial charge is 0.478 e. The maximum Gasteiger partial charge on any atom is 0.410 e. The summed E-state index contributed by atoms with van der Waals surface area (Å²) in [7, 11) is 1.51. The van der Waals surface area contributed by atoms with Crippen molar-refractivity contribution in [1.29, 1.82) is 0 Å². The highest BCUT2D eigenvalue weighted by Crippen LogP contribution is 2.36. The van der Waals surface area contributed by atoms with Gasteiger partial charge in [0.2, 0.25) is 11.8 Å². The quantitative estimate of drug-likeness (QED) is 0.384. The number of carbonyl (C=O) groups excluding carboxylic acids is 3. The van der Waals surface area contributed by atoms with Gasteiger partial charge in [0.25, 0.3) is 0 Å². The van der Waals surface area contributed by atoms with E-state index >= 15 is 0 Å². The first-order valence-electron chi connectivity index (χ1n) is 14.7. The lowest BCUT2D eigenvalue weighted by atomic mass is 9.90. The number of ether oxygens (including phenoxy) is 2. The van der Waals surface area contributed by atoms with E-state index in [1.807, 2.05) is 29.2 Å². The van der Waals surface area contributed by atoms with Gasteiger partial charge in [0.1, 0.15) is 23.5 Å². The molecular formula is C32H41FN4O7. The molecule has 2 aromatic rings. The van der Waals surface area contributed by atoms with Gasteiger partial charge in [-0.15, -0.1) is 0 Å². The summed E-state index contributed by atoms with van der Waals surface area (Å²) in [5, 5.41) is 15.1. The van der Waals surface area contributed by atoms with Crippen LogP contribution in [0.1, 0.15) is 68.1 Å². The summed E-state index contributed by atoms with van der Waals surface area (Å²) in [6, 6.07) is 8.64. The van der Waals surface area contributed by atoms with Gasteiger partial charge in [-0.2, -0.15) is 0 Å². The second-order valence-corrected chi connectivity index (χ2v) is 12.4. The van der Waals surface area contributed by atoms with Gasteiger partial charge in [-0.3, -0.25) is 19.4 Å². The number of likely N-dealkylation sites (N-methyl/N-ethyl adjacent to an activating group) is 1. The molecule has 44 heavy (non-hydrogen) atoms. The first-order chi connectivity index (χ1) is 20.7. The number of nitrogens with zero attached hydrogens (tertiary/aromatic N) is 2. The first-order valence-corrected chi connectivity index (χ1v) is 14.7. The van der Waals surface area contributed by atoms with Crippen molar-refractivity contribution in [2.24, 2.45) is 5.92 Å². The molecule has 0 spiro atoms. The van der Waals surface area contributed by atoms with Crippen LogP contribution in [-0.4, -0.2) is 83.3 Å². The fourth-order valence-electron chi connectivity index (χ4n) is 5.54. The smallest absolute Gasteiger partial charge is 0.410 e. The summed E-state index contributed by atoms with van der Waals surface area (Å²) in [5.74, 6) is -2.83. The van der Waals surface area contributed by atoms with Crippen molar-refractivity contribution in [2.75, 3.05) is 32.1 Å². The Morgan fingerprint density at radius 3 is 2.48 bits per heavy atom. The van der Waals surface area contributed by atoms with Crippen molar-refractivity contribution in [2.45, 2.75) is 70.8 Å². The molecule has 3 N–H and O–H groups in total. The topological polar surface area (TPSA) is 138 Å². The van der Waals surface area contributed by atoms with E-state index in [4.69, 9.17) is 9.47 Å². The molecular weight excluding hydrogens is 571 g/mol. The van der Waals surface area contributed by atoms with Crippen LogP contribution < -0.4 is 10.6 Å². The predicted molar refractivity (Wildman–Crippen MR) is 161 cm³/mol. The minimum absolute atomic E-state index is 0.0452. The monoisotopic (exact) mass is 612 g/mol. The molecule has 3 amide bonds. The second-order valence-electron chi connectivity index (χ2n) is 12.4. The van der Waals surface area contributed by atoms with Crippen LogP contribution >= 0.6 is 0 Å². The molecule has 2 aromatic carbocycles. The Morgan fingerprint density at radius 2 is 1.82 bits per heavy atom. The average molecular weight is 613 g/mol. The van der Waals surface area contributed by atoms with E-state index in [-0.39, 0.29) is 23.1 Å². The van der Waals surface area contributed by atoms with Gasteiger partial charge in [0, 0.05) is 39.4 Å². The average Bonchev–Trinajstić information content (AvgIpc) is 3.34. The number of benzene rings is 2. The number of aromatic carboxylic acids is 1. The number of rotatable bonds is 9. The Kier molecular flexibility index (Phi) is 10.3. The van der Waals surface area contributed by atoms with Crippen molar-refractivity contribution >= 4 is 29.6 Å². The van der Waals surface area contributed by atoms with Gasteiger partial charge in [0.05, 0.1) is 11.3 Å². The van der Waals surface area contributed by atoms with Gasteiger partial charge >= 0.3 is 12.1 Å². The van der Waals surface area contributed by atoms with E-state index in [2.05, 4.69) is 10.6 Å². The maximum atomic E-state index is 14.6. The van der Waals surface area contributed by atoms with Gasteiger partial charge in [-0.1, -0.05) is 24.3 Å². The first kappa shape index (κ1) is 32.9. The van der Waals surface area contributed by atoms with Crippen LogP contribution in [0, 0.1) is 11.7 Å². The summed E-state index contributed by atoms with van der Waals surface area (Å²) in [4.78, 5) is 54.5. The number of anilines is 1. The Morgan fingerprint density at radius 1 is 1.14 bits per heavy atom. The van der Waals surface area contributed by atoms with Crippen molar-refractivity contribution in [3.05, 3.63) is 65.0 Å². The summed E-state index contributed by atoms with van der Waals surface area (Å²) in [5.41, 5.74) is 0.563. The fourth-order valence-corrected chi connectivity index (χ4v) is 5.54. The zero-order valence-electron chi connectivity index (χ0n) is 25.8. The lowest BCUT2D eigenvalue weighted by Crippen LogP contribution is -2.55. The van der Waals surface area contributed by atoms with Gasteiger partial charge in [0.15, 0.2) is 0 Å². The molecule has 3 atom stereocenters. The Balaban J connectivity index is 1.57. The summed E-state index contributed by atoms with van der Waals surface area (Å²) >= 11 is 0. The van der Waals surface area contributed by atoms with Crippen molar-refractivity contribution < 1.29 is 38.1 Å². The number of carboxylic acid groups (broad SMARTS) is 1. The lowest BCUT2D eigenvalue weighted by molar-refractivity contribution is -0.127. The molecule has 2 aliphatic rings. The van der Waals surface area contributed by atoms with Crippen molar-refractivity contribution in [3.8, 4) is 0 Å². The van der Waals surface area contributed by atoms with Crippen LogP contribution in [0.2, 0.25) is 0 Å². The third-order valence-corrected chi connectivity index (χ3v) is 8.04. The summed E-state index contributed by atoms with van der Waals surface area (Å²) in [6.45, 7) is 8.66. The van der Waals surface area contributed by atoms with Crippen LogP contribution in [0.15, 0.2) is 42.5 Å². The van der Waals surface area contributed by atoms with Crippen LogP contribution in [-0.2, 0) is 25.6 Å². The van der Waals surface area contributed by atoms with Crippen LogP contribution in [0.25, 0.3) is 0 Å². The second kappa shape index (κ2) is 13.7. The van der Waals surface area contributed by atoms with Gasteiger partial charge in [-0.05, 0) is 75.8 Å². The molecule has 238 valence electrons.